The summed E-state index contributed by atoms with van der Waals surface area (Å²) in [6.45, 7) is 2.81. The van der Waals surface area contributed by atoms with Crippen LogP contribution in [0.5, 0.6) is 11.5 Å². The molecule has 0 aliphatic carbocycles. The van der Waals surface area contributed by atoms with E-state index in [4.69, 9.17) is 9.88 Å². The topological polar surface area (TPSA) is 78.6 Å². The van der Waals surface area contributed by atoms with E-state index < -0.39 is 10.3 Å². The van der Waals surface area contributed by atoms with E-state index in [2.05, 4.69) is 11.1 Å². The molecule has 2 N–H and O–H groups in total. The highest BCUT2D eigenvalue weighted by Crippen LogP contribution is 2.20. The van der Waals surface area contributed by atoms with Crippen molar-refractivity contribution >= 4 is 10.3 Å². The summed E-state index contributed by atoms with van der Waals surface area (Å²) < 4.78 is 31.8. The molecule has 0 heterocycles. The number of unbranched alkanes of at least 4 members (excludes halogenated alkanes) is 5. The highest BCUT2D eigenvalue weighted by atomic mass is 32.2. The molecule has 114 valence electrons. The van der Waals surface area contributed by atoms with Gasteiger partial charge in [-0.05, 0) is 18.6 Å². The van der Waals surface area contributed by atoms with Crippen LogP contribution in [0, 0.1) is 0 Å². The molecule has 0 radical (unpaired) electrons. The summed E-state index contributed by atoms with van der Waals surface area (Å²) in [5, 5.41) is 4.81. The number of nitrogens with two attached hydrogens (primary N) is 1. The van der Waals surface area contributed by atoms with Crippen molar-refractivity contribution in [2.45, 2.75) is 45.4 Å². The second-order valence-electron chi connectivity index (χ2n) is 4.67. The Hall–Kier alpha value is -1.27. The molecule has 1 aromatic rings. The fourth-order valence-electron chi connectivity index (χ4n) is 1.82. The smallest absolute Gasteiger partial charge is 0.380 e. The normalized spacial score (nSPS) is 11.3. The fourth-order valence-corrected chi connectivity index (χ4v) is 2.19. The van der Waals surface area contributed by atoms with Crippen LogP contribution in [0.4, 0.5) is 0 Å². The molecule has 0 aliphatic heterocycles. The minimum absolute atomic E-state index is 0.160. The summed E-state index contributed by atoms with van der Waals surface area (Å²) in [4.78, 5) is 0. The summed E-state index contributed by atoms with van der Waals surface area (Å²) >= 11 is 0. The summed E-state index contributed by atoms with van der Waals surface area (Å²) in [5.74, 6) is 0.743. The molecule has 1 aromatic carbocycles. The molecule has 0 bridgehead atoms. The van der Waals surface area contributed by atoms with Gasteiger partial charge in [-0.1, -0.05) is 45.1 Å². The van der Waals surface area contributed by atoms with Gasteiger partial charge in [0.05, 0.1) is 6.61 Å². The first kappa shape index (κ1) is 16.8. The Morgan fingerprint density at radius 2 is 1.70 bits per heavy atom. The Morgan fingerprint density at radius 3 is 2.40 bits per heavy atom. The predicted octanol–water partition coefficient (Wildman–Crippen LogP) is 3.01. The lowest BCUT2D eigenvalue weighted by Gasteiger charge is -2.08. The maximum absolute atomic E-state index is 10.8. The van der Waals surface area contributed by atoms with Gasteiger partial charge in [0, 0.05) is 6.07 Å². The van der Waals surface area contributed by atoms with Crippen molar-refractivity contribution in [3.05, 3.63) is 24.3 Å². The van der Waals surface area contributed by atoms with Crippen LogP contribution in [0.25, 0.3) is 0 Å². The van der Waals surface area contributed by atoms with Gasteiger partial charge < -0.3 is 8.92 Å². The van der Waals surface area contributed by atoms with E-state index in [0.717, 1.165) is 12.8 Å². The van der Waals surface area contributed by atoms with Crippen molar-refractivity contribution in [2.75, 3.05) is 6.61 Å². The van der Waals surface area contributed by atoms with Crippen LogP contribution in [-0.4, -0.2) is 15.0 Å². The van der Waals surface area contributed by atoms with Crippen LogP contribution in [0.3, 0.4) is 0 Å². The summed E-state index contributed by atoms with van der Waals surface area (Å²) in [6, 6.07) is 6.45. The van der Waals surface area contributed by atoms with E-state index in [1.54, 1.807) is 12.1 Å². The van der Waals surface area contributed by atoms with Crippen molar-refractivity contribution in [2.24, 2.45) is 5.14 Å². The first-order valence-electron chi connectivity index (χ1n) is 6.96. The fraction of sp³-hybridized carbons (Fsp3) is 0.571. The maximum atomic E-state index is 10.8. The Balaban J connectivity index is 2.28. The zero-order valence-electron chi connectivity index (χ0n) is 11.9. The van der Waals surface area contributed by atoms with Gasteiger partial charge in [0.25, 0.3) is 0 Å². The van der Waals surface area contributed by atoms with Gasteiger partial charge in [-0.25, -0.2) is 0 Å². The van der Waals surface area contributed by atoms with Crippen molar-refractivity contribution in [3.63, 3.8) is 0 Å². The highest BCUT2D eigenvalue weighted by molar-refractivity contribution is 7.84. The molecule has 0 aliphatic rings. The monoisotopic (exact) mass is 301 g/mol. The molecule has 0 aromatic heterocycles. The standard InChI is InChI=1S/C14H23NO4S/c1-2-3-4-5-6-7-11-18-13-9-8-10-14(12-13)19-20(15,16)17/h8-10,12H,2-7,11H2,1H3,(H2,15,16,17). The SMILES string of the molecule is CCCCCCCCOc1cccc(OS(N)(=O)=O)c1. The number of ether oxygens (including phenoxy) is 1. The lowest BCUT2D eigenvalue weighted by molar-refractivity contribution is 0.303. The number of hydrogen-bond acceptors (Lipinski definition) is 4. The number of rotatable bonds is 10. The molecule has 0 amide bonds. The van der Waals surface area contributed by atoms with Crippen molar-refractivity contribution < 1.29 is 17.3 Å². The molecule has 1 rings (SSSR count). The maximum Gasteiger partial charge on any atom is 0.380 e. The Kier molecular flexibility index (Phi) is 7.40. The van der Waals surface area contributed by atoms with E-state index >= 15 is 0 Å². The molecule has 0 atom stereocenters. The first-order chi connectivity index (χ1) is 9.51. The van der Waals surface area contributed by atoms with Gasteiger partial charge in [0.1, 0.15) is 11.5 Å². The molecular formula is C14H23NO4S. The third kappa shape index (κ3) is 8.01. The van der Waals surface area contributed by atoms with Crippen LogP contribution in [0.15, 0.2) is 24.3 Å². The number of benzene rings is 1. The minimum Gasteiger partial charge on any atom is -0.493 e. The molecule has 0 fully saturated rings. The van der Waals surface area contributed by atoms with Crippen LogP contribution in [0.2, 0.25) is 0 Å². The molecule has 6 heteroatoms. The number of hydrogen-bond donors (Lipinski definition) is 1. The predicted molar refractivity (Wildman–Crippen MR) is 79.0 cm³/mol. The minimum atomic E-state index is -3.99. The van der Waals surface area contributed by atoms with Crippen LogP contribution in [-0.2, 0) is 10.3 Å². The first-order valence-corrected chi connectivity index (χ1v) is 8.43. The van der Waals surface area contributed by atoms with Crippen molar-refractivity contribution in [1.29, 1.82) is 0 Å². The highest BCUT2D eigenvalue weighted by Gasteiger charge is 2.05. The Morgan fingerprint density at radius 1 is 1.05 bits per heavy atom. The van der Waals surface area contributed by atoms with Gasteiger partial charge in [-0.15, -0.1) is 0 Å². The van der Waals surface area contributed by atoms with E-state index in [1.807, 2.05) is 0 Å². The zero-order chi connectivity index (χ0) is 14.8. The van der Waals surface area contributed by atoms with Gasteiger partial charge in [0.15, 0.2) is 0 Å². The quantitative estimate of drug-likeness (QED) is 0.674. The van der Waals surface area contributed by atoms with Crippen LogP contribution >= 0.6 is 0 Å². The van der Waals surface area contributed by atoms with E-state index in [1.165, 1.54) is 37.8 Å². The second-order valence-corrected chi connectivity index (χ2v) is 5.82. The molecule has 20 heavy (non-hydrogen) atoms. The van der Waals surface area contributed by atoms with Crippen LogP contribution < -0.4 is 14.1 Å². The summed E-state index contributed by atoms with van der Waals surface area (Å²) in [6.07, 6.45) is 7.17. The largest absolute Gasteiger partial charge is 0.493 e. The zero-order valence-corrected chi connectivity index (χ0v) is 12.7. The second kappa shape index (κ2) is 8.81. The van der Waals surface area contributed by atoms with E-state index in [-0.39, 0.29) is 5.75 Å². The Labute approximate surface area is 121 Å². The third-order valence-electron chi connectivity index (χ3n) is 2.78. The molecule has 0 saturated heterocycles. The van der Waals surface area contributed by atoms with Crippen molar-refractivity contribution in [3.8, 4) is 11.5 Å². The average molecular weight is 301 g/mol. The van der Waals surface area contributed by atoms with Gasteiger partial charge in [-0.2, -0.15) is 13.6 Å². The van der Waals surface area contributed by atoms with Gasteiger partial charge >= 0.3 is 10.3 Å². The Bertz CT molecular complexity index is 488. The van der Waals surface area contributed by atoms with Gasteiger partial charge in [-0.3, -0.25) is 0 Å². The molecule has 0 saturated carbocycles. The van der Waals surface area contributed by atoms with Gasteiger partial charge in [0.2, 0.25) is 0 Å². The van der Waals surface area contributed by atoms with E-state index in [0.29, 0.717) is 12.4 Å². The molecule has 0 spiro atoms. The van der Waals surface area contributed by atoms with Crippen LogP contribution in [0.1, 0.15) is 45.4 Å². The molecule has 5 nitrogen and oxygen atoms in total. The molecule has 0 unspecified atom stereocenters. The lowest BCUT2D eigenvalue weighted by Crippen LogP contribution is -2.18. The van der Waals surface area contributed by atoms with Crippen molar-refractivity contribution in [1.82, 2.24) is 0 Å². The third-order valence-corrected chi connectivity index (χ3v) is 3.21. The van der Waals surface area contributed by atoms with E-state index in [9.17, 15) is 8.42 Å². The lowest BCUT2D eigenvalue weighted by atomic mass is 10.1. The average Bonchev–Trinajstić information content (AvgIpc) is 2.36. The molecular weight excluding hydrogens is 278 g/mol. The summed E-state index contributed by atoms with van der Waals surface area (Å²) in [7, 11) is -3.99. The summed E-state index contributed by atoms with van der Waals surface area (Å²) in [5.41, 5.74) is 0.